The van der Waals surface area contributed by atoms with Crippen LogP contribution in [0.1, 0.15) is 11.3 Å². The summed E-state index contributed by atoms with van der Waals surface area (Å²) in [5.41, 5.74) is 2.75. The Kier molecular flexibility index (Phi) is 4.45. The van der Waals surface area contributed by atoms with E-state index in [9.17, 15) is 8.42 Å². The molecule has 0 fully saturated rings. The van der Waals surface area contributed by atoms with E-state index in [0.29, 0.717) is 29.5 Å². The van der Waals surface area contributed by atoms with Crippen molar-refractivity contribution in [1.82, 2.24) is 14.3 Å². The Balaban J connectivity index is 1.62. The smallest absolute Gasteiger partial charge is 0.236 e. The van der Waals surface area contributed by atoms with E-state index < -0.39 is 10.0 Å². The first-order chi connectivity index (χ1) is 12.0. The summed E-state index contributed by atoms with van der Waals surface area (Å²) in [5.74, 6) is 0.679. The van der Waals surface area contributed by atoms with Crippen molar-refractivity contribution < 1.29 is 8.42 Å². The molecule has 0 unspecified atom stereocenters. The molecule has 2 aromatic heterocycles. The molecular weight excluding hydrogens is 422 g/mol. The molecule has 1 aliphatic heterocycles. The first-order valence-corrected chi connectivity index (χ1v) is 10.7. The summed E-state index contributed by atoms with van der Waals surface area (Å²) < 4.78 is 28.2. The Labute approximate surface area is 158 Å². The van der Waals surface area contributed by atoms with Gasteiger partial charge < -0.3 is 0 Å². The molecule has 4 rings (SSSR count). The zero-order chi connectivity index (χ0) is 17.4. The molecular formula is C17H14BrN3O2S2. The van der Waals surface area contributed by atoms with Crippen molar-refractivity contribution in [3.05, 3.63) is 63.7 Å². The maximum absolute atomic E-state index is 12.8. The molecule has 0 amide bonds. The minimum Gasteiger partial charge on any atom is -0.236 e. The molecule has 0 spiro atoms. The van der Waals surface area contributed by atoms with Crippen LogP contribution in [-0.2, 0) is 23.0 Å². The number of nitrogens with zero attached hydrogens (tertiary/aromatic N) is 3. The lowest BCUT2D eigenvalue weighted by Crippen LogP contribution is -2.36. The normalized spacial score (nSPS) is 15.1. The van der Waals surface area contributed by atoms with E-state index in [2.05, 4.69) is 25.9 Å². The van der Waals surface area contributed by atoms with Crippen molar-refractivity contribution in [2.45, 2.75) is 17.2 Å². The van der Waals surface area contributed by atoms with Gasteiger partial charge in [-0.15, -0.1) is 11.3 Å². The summed E-state index contributed by atoms with van der Waals surface area (Å²) in [6, 6.07) is 13.2. The van der Waals surface area contributed by atoms with Gasteiger partial charge in [0.1, 0.15) is 4.21 Å². The van der Waals surface area contributed by atoms with Crippen LogP contribution in [0.15, 0.2) is 56.7 Å². The second-order valence-electron chi connectivity index (χ2n) is 5.68. The van der Waals surface area contributed by atoms with Gasteiger partial charge in [0.2, 0.25) is 0 Å². The number of rotatable bonds is 3. The summed E-state index contributed by atoms with van der Waals surface area (Å²) in [4.78, 5) is 9.06. The Hall–Kier alpha value is -1.61. The van der Waals surface area contributed by atoms with Gasteiger partial charge in [-0.2, -0.15) is 4.31 Å². The SMILES string of the molecule is O=S(=O)(c1ccc(Br)s1)N1CCc2nc(-c3ccccc3)ncc2C1. The maximum Gasteiger partial charge on any atom is 0.252 e. The van der Waals surface area contributed by atoms with E-state index >= 15 is 0 Å². The third-order valence-electron chi connectivity index (χ3n) is 4.07. The zero-order valence-electron chi connectivity index (χ0n) is 13.1. The molecule has 0 saturated carbocycles. The third-order valence-corrected chi connectivity index (χ3v) is 8.01. The molecule has 0 bridgehead atoms. The van der Waals surface area contributed by atoms with Crippen LogP contribution in [0, 0.1) is 0 Å². The average molecular weight is 436 g/mol. The molecule has 1 aromatic carbocycles. The van der Waals surface area contributed by atoms with E-state index in [1.165, 1.54) is 15.6 Å². The number of halogens is 1. The first kappa shape index (κ1) is 16.8. The van der Waals surface area contributed by atoms with Gasteiger partial charge in [-0.1, -0.05) is 30.3 Å². The highest BCUT2D eigenvalue weighted by Gasteiger charge is 2.30. The molecule has 128 valence electrons. The minimum atomic E-state index is -3.48. The number of thiophene rings is 1. The van der Waals surface area contributed by atoms with Crippen molar-refractivity contribution in [3.8, 4) is 11.4 Å². The fourth-order valence-electron chi connectivity index (χ4n) is 2.79. The van der Waals surface area contributed by atoms with Crippen LogP contribution in [-0.4, -0.2) is 29.2 Å². The Morgan fingerprint density at radius 3 is 2.64 bits per heavy atom. The van der Waals surface area contributed by atoms with Crippen molar-refractivity contribution in [2.24, 2.45) is 0 Å². The van der Waals surface area contributed by atoms with Crippen LogP contribution in [0.3, 0.4) is 0 Å². The summed E-state index contributed by atoms with van der Waals surface area (Å²) in [6.07, 6.45) is 2.33. The van der Waals surface area contributed by atoms with Crippen LogP contribution in [0.4, 0.5) is 0 Å². The fraction of sp³-hybridized carbons (Fsp3) is 0.176. The van der Waals surface area contributed by atoms with Crippen molar-refractivity contribution in [1.29, 1.82) is 0 Å². The van der Waals surface area contributed by atoms with Gasteiger partial charge in [0.15, 0.2) is 5.82 Å². The Morgan fingerprint density at radius 2 is 1.92 bits per heavy atom. The second-order valence-corrected chi connectivity index (χ2v) is 10.3. The lowest BCUT2D eigenvalue weighted by molar-refractivity contribution is 0.388. The quantitative estimate of drug-likeness (QED) is 0.628. The van der Waals surface area contributed by atoms with Gasteiger partial charge in [-0.05, 0) is 28.1 Å². The van der Waals surface area contributed by atoms with Crippen LogP contribution >= 0.6 is 27.3 Å². The molecule has 5 nitrogen and oxygen atoms in total. The summed E-state index contributed by atoms with van der Waals surface area (Å²) >= 11 is 4.55. The monoisotopic (exact) mass is 435 g/mol. The van der Waals surface area contributed by atoms with Gasteiger partial charge in [0.25, 0.3) is 10.0 Å². The van der Waals surface area contributed by atoms with Crippen molar-refractivity contribution >= 4 is 37.3 Å². The molecule has 0 radical (unpaired) electrons. The molecule has 0 aliphatic carbocycles. The van der Waals surface area contributed by atoms with E-state index in [4.69, 9.17) is 0 Å². The van der Waals surface area contributed by atoms with E-state index in [1.807, 2.05) is 30.3 Å². The number of sulfonamides is 1. The number of aromatic nitrogens is 2. The van der Waals surface area contributed by atoms with E-state index in [1.54, 1.807) is 18.3 Å². The van der Waals surface area contributed by atoms with Gasteiger partial charge >= 0.3 is 0 Å². The molecule has 3 aromatic rings. The molecule has 3 heterocycles. The Morgan fingerprint density at radius 1 is 1.12 bits per heavy atom. The highest BCUT2D eigenvalue weighted by molar-refractivity contribution is 9.11. The predicted molar refractivity (Wildman–Crippen MR) is 101 cm³/mol. The number of hydrogen-bond donors (Lipinski definition) is 0. The van der Waals surface area contributed by atoms with Crippen molar-refractivity contribution in [2.75, 3.05) is 6.54 Å². The van der Waals surface area contributed by atoms with Gasteiger partial charge in [0.05, 0.1) is 9.48 Å². The average Bonchev–Trinajstić information content (AvgIpc) is 3.09. The lowest BCUT2D eigenvalue weighted by atomic mass is 10.1. The van der Waals surface area contributed by atoms with Crippen LogP contribution in [0.5, 0.6) is 0 Å². The molecule has 0 N–H and O–H groups in total. The highest BCUT2D eigenvalue weighted by atomic mass is 79.9. The van der Waals surface area contributed by atoms with Crippen LogP contribution in [0.25, 0.3) is 11.4 Å². The number of hydrogen-bond acceptors (Lipinski definition) is 5. The van der Waals surface area contributed by atoms with Crippen LogP contribution in [0.2, 0.25) is 0 Å². The molecule has 0 saturated heterocycles. The first-order valence-electron chi connectivity index (χ1n) is 7.70. The van der Waals surface area contributed by atoms with Gasteiger partial charge in [-0.25, -0.2) is 18.4 Å². The van der Waals surface area contributed by atoms with E-state index in [-0.39, 0.29) is 0 Å². The predicted octanol–water partition coefficient (Wildman–Crippen LogP) is 3.71. The number of fused-ring (bicyclic) bond motifs is 1. The van der Waals surface area contributed by atoms with Gasteiger partial charge in [0, 0.05) is 36.8 Å². The molecule has 8 heteroatoms. The third kappa shape index (κ3) is 3.27. The van der Waals surface area contributed by atoms with E-state index in [0.717, 1.165) is 20.6 Å². The summed E-state index contributed by atoms with van der Waals surface area (Å²) in [5, 5.41) is 0. The highest BCUT2D eigenvalue weighted by Crippen LogP contribution is 2.31. The topological polar surface area (TPSA) is 63.2 Å². The standard InChI is InChI=1S/C17H14BrN3O2S2/c18-15-6-7-16(24-15)25(22,23)21-9-8-14-13(11-21)10-19-17(20-14)12-4-2-1-3-5-12/h1-7,10H,8-9,11H2. The fourth-order valence-corrected chi connectivity index (χ4v) is 6.37. The van der Waals surface area contributed by atoms with Crippen molar-refractivity contribution in [3.63, 3.8) is 0 Å². The second kappa shape index (κ2) is 6.60. The van der Waals surface area contributed by atoms with Crippen LogP contribution < -0.4 is 0 Å². The lowest BCUT2D eigenvalue weighted by Gasteiger charge is -2.26. The molecule has 25 heavy (non-hydrogen) atoms. The zero-order valence-corrected chi connectivity index (χ0v) is 16.3. The summed E-state index contributed by atoms with van der Waals surface area (Å²) in [7, 11) is -3.48. The largest absolute Gasteiger partial charge is 0.252 e. The minimum absolute atomic E-state index is 0.308. The molecule has 1 aliphatic rings. The maximum atomic E-state index is 12.8. The summed E-state index contributed by atoms with van der Waals surface area (Å²) in [6.45, 7) is 0.734. The van der Waals surface area contributed by atoms with Gasteiger partial charge in [-0.3, -0.25) is 0 Å². The Bertz CT molecular complexity index is 1020. The molecule has 0 atom stereocenters. The number of benzene rings is 1.